The lowest BCUT2D eigenvalue weighted by Gasteiger charge is -2.43. The summed E-state index contributed by atoms with van der Waals surface area (Å²) < 4.78 is 5.64. The first-order valence-corrected chi connectivity index (χ1v) is 6.31. The average molecular weight is 212 g/mol. The molecule has 0 radical (unpaired) electrons. The van der Waals surface area contributed by atoms with Gasteiger partial charge >= 0.3 is 0 Å². The standard InChI is InChI=1S/C12H24N2O/c1-3-14-7-8-15-10-12(14)11-5-4-6-13(2)9-11/h11-12H,3-10H2,1-2H3. The summed E-state index contributed by atoms with van der Waals surface area (Å²) in [4.78, 5) is 5.07. The minimum Gasteiger partial charge on any atom is -0.378 e. The molecule has 88 valence electrons. The van der Waals surface area contributed by atoms with Crippen molar-refractivity contribution in [2.45, 2.75) is 25.8 Å². The summed E-state index contributed by atoms with van der Waals surface area (Å²) in [5, 5.41) is 0. The second-order valence-corrected chi connectivity index (χ2v) is 4.94. The van der Waals surface area contributed by atoms with Crippen molar-refractivity contribution in [2.24, 2.45) is 5.92 Å². The summed E-state index contributed by atoms with van der Waals surface area (Å²) in [6.07, 6.45) is 2.74. The van der Waals surface area contributed by atoms with Crippen LogP contribution >= 0.6 is 0 Å². The fourth-order valence-corrected chi connectivity index (χ4v) is 3.00. The van der Waals surface area contributed by atoms with Crippen molar-refractivity contribution in [3.05, 3.63) is 0 Å². The van der Waals surface area contributed by atoms with E-state index >= 15 is 0 Å². The lowest BCUT2D eigenvalue weighted by atomic mass is 9.89. The van der Waals surface area contributed by atoms with Gasteiger partial charge in [-0.05, 0) is 38.9 Å². The Balaban J connectivity index is 1.94. The third-order valence-corrected chi connectivity index (χ3v) is 3.89. The molecule has 2 aliphatic heterocycles. The van der Waals surface area contributed by atoms with Gasteiger partial charge in [-0.2, -0.15) is 0 Å². The van der Waals surface area contributed by atoms with Crippen molar-refractivity contribution >= 4 is 0 Å². The van der Waals surface area contributed by atoms with Gasteiger partial charge in [-0.1, -0.05) is 6.92 Å². The zero-order chi connectivity index (χ0) is 10.7. The van der Waals surface area contributed by atoms with E-state index in [4.69, 9.17) is 4.74 Å². The first-order chi connectivity index (χ1) is 7.31. The molecule has 15 heavy (non-hydrogen) atoms. The van der Waals surface area contributed by atoms with Gasteiger partial charge < -0.3 is 9.64 Å². The highest BCUT2D eigenvalue weighted by Gasteiger charge is 2.31. The predicted molar refractivity (Wildman–Crippen MR) is 62.1 cm³/mol. The van der Waals surface area contributed by atoms with E-state index < -0.39 is 0 Å². The smallest absolute Gasteiger partial charge is 0.0625 e. The molecule has 0 bridgehead atoms. The number of likely N-dealkylation sites (tertiary alicyclic amines) is 1. The van der Waals surface area contributed by atoms with Crippen LogP contribution in [0.5, 0.6) is 0 Å². The van der Waals surface area contributed by atoms with Crippen molar-refractivity contribution in [3.63, 3.8) is 0 Å². The number of rotatable bonds is 2. The maximum absolute atomic E-state index is 5.64. The Morgan fingerprint density at radius 3 is 2.93 bits per heavy atom. The molecule has 0 N–H and O–H groups in total. The fraction of sp³-hybridized carbons (Fsp3) is 1.00. The third-order valence-electron chi connectivity index (χ3n) is 3.89. The van der Waals surface area contributed by atoms with Crippen LogP contribution in [0.15, 0.2) is 0 Å². The van der Waals surface area contributed by atoms with E-state index in [9.17, 15) is 0 Å². The van der Waals surface area contributed by atoms with Crippen LogP contribution in [0, 0.1) is 5.92 Å². The number of piperidine rings is 1. The van der Waals surface area contributed by atoms with Crippen LogP contribution in [0.4, 0.5) is 0 Å². The zero-order valence-corrected chi connectivity index (χ0v) is 10.1. The molecule has 2 unspecified atom stereocenters. The second-order valence-electron chi connectivity index (χ2n) is 4.94. The van der Waals surface area contributed by atoms with Crippen molar-refractivity contribution in [1.82, 2.24) is 9.80 Å². The average Bonchev–Trinajstić information content (AvgIpc) is 2.29. The Morgan fingerprint density at radius 1 is 1.33 bits per heavy atom. The minimum absolute atomic E-state index is 0.673. The van der Waals surface area contributed by atoms with Crippen LogP contribution in [-0.2, 0) is 4.74 Å². The predicted octanol–water partition coefficient (Wildman–Crippen LogP) is 1.05. The highest BCUT2D eigenvalue weighted by Crippen LogP contribution is 2.24. The molecule has 2 rings (SSSR count). The summed E-state index contributed by atoms with van der Waals surface area (Å²) >= 11 is 0. The highest BCUT2D eigenvalue weighted by molar-refractivity contribution is 4.85. The molecule has 0 spiro atoms. The quantitative estimate of drug-likeness (QED) is 0.680. The van der Waals surface area contributed by atoms with Crippen LogP contribution in [-0.4, -0.2) is 62.3 Å². The first kappa shape index (κ1) is 11.4. The Labute approximate surface area is 93.4 Å². The van der Waals surface area contributed by atoms with Crippen molar-refractivity contribution in [3.8, 4) is 0 Å². The minimum atomic E-state index is 0.673. The zero-order valence-electron chi connectivity index (χ0n) is 10.1. The second kappa shape index (κ2) is 5.28. The third kappa shape index (κ3) is 2.71. The first-order valence-electron chi connectivity index (χ1n) is 6.31. The summed E-state index contributed by atoms with van der Waals surface area (Å²) in [5.74, 6) is 0.823. The monoisotopic (exact) mass is 212 g/mol. The van der Waals surface area contributed by atoms with E-state index in [1.807, 2.05) is 0 Å². The van der Waals surface area contributed by atoms with Crippen molar-refractivity contribution in [1.29, 1.82) is 0 Å². The van der Waals surface area contributed by atoms with Crippen molar-refractivity contribution in [2.75, 3.05) is 46.4 Å². The van der Waals surface area contributed by atoms with Crippen molar-refractivity contribution < 1.29 is 4.74 Å². The van der Waals surface area contributed by atoms with E-state index in [1.54, 1.807) is 0 Å². The number of hydrogen-bond donors (Lipinski definition) is 0. The number of ether oxygens (including phenoxy) is 1. The molecule has 3 nitrogen and oxygen atoms in total. The summed E-state index contributed by atoms with van der Waals surface area (Å²) in [6.45, 7) is 8.97. The summed E-state index contributed by atoms with van der Waals surface area (Å²) in [5.41, 5.74) is 0. The van der Waals surface area contributed by atoms with Crippen LogP contribution in [0.3, 0.4) is 0 Å². The molecular weight excluding hydrogens is 188 g/mol. The summed E-state index contributed by atoms with van der Waals surface area (Å²) in [6, 6.07) is 0.673. The van der Waals surface area contributed by atoms with E-state index in [1.165, 1.54) is 32.5 Å². The highest BCUT2D eigenvalue weighted by atomic mass is 16.5. The molecule has 0 aliphatic carbocycles. The van der Waals surface area contributed by atoms with Crippen LogP contribution < -0.4 is 0 Å². The molecule has 0 aromatic rings. The number of morpholine rings is 1. The SMILES string of the molecule is CCN1CCOCC1C1CCCN(C)C1. The van der Waals surface area contributed by atoms with E-state index in [0.717, 1.165) is 25.7 Å². The number of hydrogen-bond acceptors (Lipinski definition) is 3. The number of nitrogens with zero attached hydrogens (tertiary/aromatic N) is 2. The van der Waals surface area contributed by atoms with Gasteiger partial charge in [0.05, 0.1) is 13.2 Å². The van der Waals surface area contributed by atoms with Gasteiger partial charge in [0.25, 0.3) is 0 Å². The lowest BCUT2D eigenvalue weighted by molar-refractivity contribution is -0.0393. The van der Waals surface area contributed by atoms with Gasteiger partial charge in [-0.15, -0.1) is 0 Å². The van der Waals surface area contributed by atoms with Gasteiger partial charge in [0.1, 0.15) is 0 Å². The maximum Gasteiger partial charge on any atom is 0.0625 e. The van der Waals surface area contributed by atoms with Gasteiger partial charge in [-0.3, -0.25) is 4.90 Å². The largest absolute Gasteiger partial charge is 0.378 e. The van der Waals surface area contributed by atoms with E-state index in [0.29, 0.717) is 6.04 Å². The Morgan fingerprint density at radius 2 is 2.20 bits per heavy atom. The molecule has 2 fully saturated rings. The molecule has 0 aromatic carbocycles. The number of likely N-dealkylation sites (N-methyl/N-ethyl adjacent to an activating group) is 1. The van der Waals surface area contributed by atoms with Crippen LogP contribution in [0.1, 0.15) is 19.8 Å². The molecule has 3 heteroatoms. The topological polar surface area (TPSA) is 15.7 Å². The van der Waals surface area contributed by atoms with Crippen LogP contribution in [0.2, 0.25) is 0 Å². The normalized spacial score (nSPS) is 35.6. The molecule has 2 heterocycles. The van der Waals surface area contributed by atoms with Crippen LogP contribution in [0.25, 0.3) is 0 Å². The molecule has 2 atom stereocenters. The van der Waals surface area contributed by atoms with Gasteiger partial charge in [0, 0.05) is 19.1 Å². The Hall–Kier alpha value is -0.120. The van der Waals surface area contributed by atoms with E-state index in [-0.39, 0.29) is 0 Å². The van der Waals surface area contributed by atoms with E-state index in [2.05, 4.69) is 23.8 Å². The molecule has 0 aromatic heterocycles. The molecule has 2 saturated heterocycles. The maximum atomic E-state index is 5.64. The lowest BCUT2D eigenvalue weighted by Crippen LogP contribution is -2.52. The fourth-order valence-electron chi connectivity index (χ4n) is 3.00. The molecule has 2 aliphatic rings. The van der Waals surface area contributed by atoms with Gasteiger partial charge in [0.2, 0.25) is 0 Å². The molecular formula is C12H24N2O. The molecule has 0 saturated carbocycles. The molecule has 0 amide bonds. The summed E-state index contributed by atoms with van der Waals surface area (Å²) in [7, 11) is 2.24. The van der Waals surface area contributed by atoms with Gasteiger partial charge in [0.15, 0.2) is 0 Å². The van der Waals surface area contributed by atoms with Gasteiger partial charge in [-0.25, -0.2) is 0 Å². The Bertz CT molecular complexity index is 198. The Kier molecular flexibility index (Phi) is 4.00.